The molecule has 2 atom stereocenters. The maximum Gasteiger partial charge on any atom is 0.194 e. The lowest BCUT2D eigenvalue weighted by Crippen LogP contribution is -2.46. The Labute approximate surface area is 157 Å². The monoisotopic (exact) mass is 360 g/mol. The number of morpholine rings is 1. The number of guanidine groups is 1. The van der Waals surface area contributed by atoms with E-state index < -0.39 is 0 Å². The van der Waals surface area contributed by atoms with E-state index in [1.165, 1.54) is 6.42 Å². The van der Waals surface area contributed by atoms with Crippen molar-refractivity contribution in [1.29, 1.82) is 0 Å². The molecule has 6 heteroatoms. The minimum Gasteiger partial charge on any atom is -0.489 e. The van der Waals surface area contributed by atoms with Crippen LogP contribution in [0.3, 0.4) is 0 Å². The molecule has 2 aliphatic heterocycles. The third-order valence-corrected chi connectivity index (χ3v) is 4.94. The summed E-state index contributed by atoms with van der Waals surface area (Å²) in [6.45, 7) is 11.6. The maximum absolute atomic E-state index is 5.95. The highest BCUT2D eigenvalue weighted by Gasteiger charge is 2.30. The van der Waals surface area contributed by atoms with Gasteiger partial charge in [0.2, 0.25) is 0 Å². The molecule has 0 aliphatic carbocycles. The molecule has 1 N–H and O–H groups in total. The minimum absolute atomic E-state index is 0.0451. The Morgan fingerprint density at radius 3 is 2.77 bits per heavy atom. The first kappa shape index (κ1) is 19.0. The van der Waals surface area contributed by atoms with Crippen molar-refractivity contribution in [3.8, 4) is 5.75 Å². The molecular weight excluding hydrogens is 328 g/mol. The molecule has 26 heavy (non-hydrogen) atoms. The summed E-state index contributed by atoms with van der Waals surface area (Å²) in [5.41, 5.74) is 0. The van der Waals surface area contributed by atoms with E-state index in [2.05, 4.69) is 29.0 Å². The van der Waals surface area contributed by atoms with Crippen LogP contribution in [0.5, 0.6) is 5.75 Å². The Balaban J connectivity index is 1.53. The van der Waals surface area contributed by atoms with Crippen LogP contribution in [0.25, 0.3) is 0 Å². The second-order valence-corrected chi connectivity index (χ2v) is 6.97. The van der Waals surface area contributed by atoms with Crippen molar-refractivity contribution in [3.63, 3.8) is 0 Å². The molecule has 2 heterocycles. The average molecular weight is 361 g/mol. The predicted octanol–water partition coefficient (Wildman–Crippen LogP) is 1.83. The molecule has 2 saturated heterocycles. The lowest BCUT2D eigenvalue weighted by atomic mass is 10.2. The Bertz CT molecular complexity index is 560. The van der Waals surface area contributed by atoms with E-state index in [9.17, 15) is 0 Å². The third-order valence-electron chi connectivity index (χ3n) is 4.94. The first-order chi connectivity index (χ1) is 12.8. The molecule has 1 aromatic carbocycles. The fourth-order valence-electron chi connectivity index (χ4n) is 3.58. The van der Waals surface area contributed by atoms with E-state index in [0.29, 0.717) is 12.6 Å². The van der Waals surface area contributed by atoms with E-state index in [1.807, 2.05) is 30.3 Å². The highest BCUT2D eigenvalue weighted by atomic mass is 16.5. The number of para-hydroxylation sites is 1. The van der Waals surface area contributed by atoms with Gasteiger partial charge in [0.15, 0.2) is 5.96 Å². The molecule has 1 aromatic rings. The van der Waals surface area contributed by atoms with Crippen LogP contribution in [-0.2, 0) is 4.74 Å². The van der Waals surface area contributed by atoms with Crippen molar-refractivity contribution < 1.29 is 9.47 Å². The second kappa shape index (κ2) is 9.78. The van der Waals surface area contributed by atoms with Crippen molar-refractivity contribution in [2.24, 2.45) is 4.99 Å². The van der Waals surface area contributed by atoms with Gasteiger partial charge in [-0.3, -0.25) is 4.90 Å². The summed E-state index contributed by atoms with van der Waals surface area (Å²) in [6.07, 6.45) is 1.24. The van der Waals surface area contributed by atoms with Crippen molar-refractivity contribution >= 4 is 5.96 Å². The molecular formula is C20H32N4O2. The van der Waals surface area contributed by atoms with Gasteiger partial charge in [-0.05, 0) is 32.4 Å². The Kier molecular flexibility index (Phi) is 7.14. The number of rotatable bonds is 6. The van der Waals surface area contributed by atoms with Crippen LogP contribution >= 0.6 is 0 Å². The fraction of sp³-hybridized carbons (Fsp3) is 0.650. The van der Waals surface area contributed by atoms with E-state index in [-0.39, 0.29) is 6.10 Å². The molecule has 0 bridgehead atoms. The largest absolute Gasteiger partial charge is 0.489 e. The summed E-state index contributed by atoms with van der Waals surface area (Å²) in [5, 5.41) is 3.44. The van der Waals surface area contributed by atoms with Gasteiger partial charge in [0.05, 0.1) is 19.8 Å². The molecule has 2 aliphatic rings. The summed E-state index contributed by atoms with van der Waals surface area (Å²) in [7, 11) is 0. The van der Waals surface area contributed by atoms with E-state index >= 15 is 0 Å². The molecule has 0 spiro atoms. The van der Waals surface area contributed by atoms with Crippen LogP contribution in [0.2, 0.25) is 0 Å². The van der Waals surface area contributed by atoms with Crippen LogP contribution in [0.4, 0.5) is 0 Å². The van der Waals surface area contributed by atoms with Crippen LogP contribution in [0.1, 0.15) is 20.3 Å². The molecule has 6 nitrogen and oxygen atoms in total. The van der Waals surface area contributed by atoms with Crippen LogP contribution in [0.15, 0.2) is 35.3 Å². The number of nitrogens with one attached hydrogen (secondary N) is 1. The number of nitrogens with zero attached hydrogens (tertiary/aromatic N) is 3. The van der Waals surface area contributed by atoms with E-state index in [4.69, 9.17) is 14.5 Å². The van der Waals surface area contributed by atoms with Crippen LogP contribution in [0, 0.1) is 0 Å². The van der Waals surface area contributed by atoms with Gasteiger partial charge in [0, 0.05) is 38.8 Å². The molecule has 2 fully saturated rings. The van der Waals surface area contributed by atoms with Gasteiger partial charge in [-0.25, -0.2) is 4.99 Å². The molecule has 2 unspecified atom stereocenters. The van der Waals surface area contributed by atoms with Crippen LogP contribution < -0.4 is 10.1 Å². The maximum atomic E-state index is 5.95. The highest BCUT2D eigenvalue weighted by Crippen LogP contribution is 2.17. The lowest BCUT2D eigenvalue weighted by molar-refractivity contribution is 0.0195. The Morgan fingerprint density at radius 2 is 2.04 bits per heavy atom. The van der Waals surface area contributed by atoms with E-state index in [0.717, 1.165) is 57.6 Å². The van der Waals surface area contributed by atoms with Crippen molar-refractivity contribution in [1.82, 2.24) is 15.1 Å². The lowest BCUT2D eigenvalue weighted by Gasteiger charge is -2.32. The van der Waals surface area contributed by atoms with Gasteiger partial charge in [0.25, 0.3) is 0 Å². The van der Waals surface area contributed by atoms with Crippen LogP contribution in [-0.4, -0.2) is 80.4 Å². The van der Waals surface area contributed by atoms with Gasteiger partial charge in [-0.15, -0.1) is 0 Å². The molecule has 3 rings (SSSR count). The zero-order valence-electron chi connectivity index (χ0n) is 16.1. The zero-order valence-corrected chi connectivity index (χ0v) is 16.1. The normalized spacial score (nSPS) is 23.1. The number of likely N-dealkylation sites (tertiary alicyclic amines) is 1. The Hall–Kier alpha value is -1.79. The number of ether oxygens (including phenoxy) is 2. The summed E-state index contributed by atoms with van der Waals surface area (Å²) in [6, 6.07) is 10.6. The number of benzene rings is 1. The first-order valence-electron chi connectivity index (χ1n) is 9.83. The van der Waals surface area contributed by atoms with Gasteiger partial charge in [0.1, 0.15) is 11.9 Å². The Morgan fingerprint density at radius 1 is 1.27 bits per heavy atom. The smallest absolute Gasteiger partial charge is 0.194 e. The van der Waals surface area contributed by atoms with Crippen molar-refractivity contribution in [2.75, 3.05) is 52.5 Å². The molecule has 0 amide bonds. The highest BCUT2D eigenvalue weighted by molar-refractivity contribution is 5.80. The quantitative estimate of drug-likeness (QED) is 0.620. The standard InChI is InChI=1S/C20H32N4O2/c1-3-21-20(22-15-17(2)26-19-7-5-4-6-8-19)24-10-9-18(16-24)23-11-13-25-14-12-23/h4-8,17-18H,3,9-16H2,1-2H3,(H,21,22). The summed E-state index contributed by atoms with van der Waals surface area (Å²) >= 11 is 0. The van der Waals surface area contributed by atoms with E-state index in [1.54, 1.807) is 0 Å². The number of hydrogen-bond acceptors (Lipinski definition) is 4. The minimum atomic E-state index is 0.0451. The van der Waals surface area contributed by atoms with Crippen molar-refractivity contribution in [3.05, 3.63) is 30.3 Å². The molecule has 0 aromatic heterocycles. The molecule has 0 radical (unpaired) electrons. The summed E-state index contributed by atoms with van der Waals surface area (Å²) in [5.74, 6) is 1.90. The predicted molar refractivity (Wildman–Crippen MR) is 105 cm³/mol. The topological polar surface area (TPSA) is 49.3 Å². The summed E-state index contributed by atoms with van der Waals surface area (Å²) < 4.78 is 11.4. The number of hydrogen-bond donors (Lipinski definition) is 1. The third kappa shape index (κ3) is 5.35. The second-order valence-electron chi connectivity index (χ2n) is 6.97. The van der Waals surface area contributed by atoms with Gasteiger partial charge in [-0.2, -0.15) is 0 Å². The first-order valence-corrected chi connectivity index (χ1v) is 9.83. The van der Waals surface area contributed by atoms with Gasteiger partial charge < -0.3 is 19.7 Å². The average Bonchev–Trinajstić information content (AvgIpc) is 3.17. The van der Waals surface area contributed by atoms with Crippen molar-refractivity contribution in [2.45, 2.75) is 32.4 Å². The SMILES string of the molecule is CCNC(=NCC(C)Oc1ccccc1)N1CCC(N2CCOCC2)C1. The number of aliphatic imine (C=N–C) groups is 1. The van der Waals surface area contributed by atoms with Gasteiger partial charge >= 0.3 is 0 Å². The molecule has 144 valence electrons. The summed E-state index contributed by atoms with van der Waals surface area (Å²) in [4.78, 5) is 9.79. The molecule has 0 saturated carbocycles. The fourth-order valence-corrected chi connectivity index (χ4v) is 3.58. The zero-order chi connectivity index (χ0) is 18.2. The van der Waals surface area contributed by atoms with Gasteiger partial charge in [-0.1, -0.05) is 18.2 Å².